The Hall–Kier alpha value is -1.60. The molecule has 0 rings (SSSR count). The highest BCUT2D eigenvalue weighted by Crippen LogP contribution is 1.99. The summed E-state index contributed by atoms with van der Waals surface area (Å²) in [6, 6.07) is 0. The standard InChI is InChI=1S/C22H34O/c1-3-5-7-9-11-12-13-14-15-17-19-21-22(23)20-18-16-10-8-6-4-2/h6-9,13-19,21-23H,3-5,10-12,20H2,1-2H3/b8-6-,9-7-,14-13+,17-15+,18-16-,21-19-/t22-/m0/s1. The average molecular weight is 315 g/mol. The van der Waals surface area contributed by atoms with E-state index in [4.69, 9.17) is 0 Å². The van der Waals surface area contributed by atoms with Crippen molar-refractivity contribution in [1.82, 2.24) is 0 Å². The molecule has 0 aromatic rings. The highest BCUT2D eigenvalue weighted by molar-refractivity contribution is 5.12. The quantitative estimate of drug-likeness (QED) is 0.235. The molecule has 0 saturated heterocycles. The number of hydrogen-bond acceptors (Lipinski definition) is 1. The summed E-state index contributed by atoms with van der Waals surface area (Å²) in [5, 5.41) is 9.78. The lowest BCUT2D eigenvalue weighted by Gasteiger charge is -1.98. The van der Waals surface area contributed by atoms with Gasteiger partial charge in [0.2, 0.25) is 0 Å². The fourth-order valence-corrected chi connectivity index (χ4v) is 1.84. The van der Waals surface area contributed by atoms with E-state index in [1.165, 1.54) is 12.8 Å². The second-order valence-electron chi connectivity index (χ2n) is 5.43. The molecule has 0 radical (unpaired) electrons. The summed E-state index contributed by atoms with van der Waals surface area (Å²) < 4.78 is 0. The van der Waals surface area contributed by atoms with Crippen LogP contribution in [0.4, 0.5) is 0 Å². The molecule has 0 aliphatic heterocycles. The van der Waals surface area contributed by atoms with Gasteiger partial charge in [-0.2, -0.15) is 0 Å². The van der Waals surface area contributed by atoms with Crippen LogP contribution in [0.5, 0.6) is 0 Å². The number of unbranched alkanes of at least 4 members (excludes halogenated alkanes) is 2. The van der Waals surface area contributed by atoms with Gasteiger partial charge in [0.1, 0.15) is 0 Å². The van der Waals surface area contributed by atoms with E-state index in [0.29, 0.717) is 6.42 Å². The summed E-state index contributed by atoms with van der Waals surface area (Å²) in [5.41, 5.74) is 0. The Balaban J connectivity index is 3.71. The first kappa shape index (κ1) is 21.4. The van der Waals surface area contributed by atoms with E-state index in [1.807, 2.05) is 30.4 Å². The van der Waals surface area contributed by atoms with Gasteiger partial charge in [-0.05, 0) is 38.5 Å². The fraction of sp³-hybridized carbons (Fsp3) is 0.455. The van der Waals surface area contributed by atoms with E-state index < -0.39 is 6.10 Å². The Morgan fingerprint density at radius 3 is 2.17 bits per heavy atom. The van der Waals surface area contributed by atoms with Crippen molar-refractivity contribution in [2.75, 3.05) is 0 Å². The third-order valence-corrected chi connectivity index (χ3v) is 3.14. The molecule has 0 spiro atoms. The average Bonchev–Trinajstić information content (AvgIpc) is 2.56. The number of aliphatic hydroxyl groups excluding tert-OH is 1. The molecule has 1 nitrogen and oxygen atoms in total. The summed E-state index contributed by atoms with van der Waals surface area (Å²) >= 11 is 0. The van der Waals surface area contributed by atoms with Crippen LogP contribution in [0.3, 0.4) is 0 Å². The Morgan fingerprint density at radius 2 is 1.39 bits per heavy atom. The van der Waals surface area contributed by atoms with Gasteiger partial charge in [-0.3, -0.25) is 0 Å². The predicted molar refractivity (Wildman–Crippen MR) is 105 cm³/mol. The van der Waals surface area contributed by atoms with E-state index >= 15 is 0 Å². The van der Waals surface area contributed by atoms with Crippen LogP contribution in [-0.2, 0) is 0 Å². The molecular weight excluding hydrogens is 280 g/mol. The topological polar surface area (TPSA) is 20.2 Å². The predicted octanol–water partition coefficient (Wildman–Crippen LogP) is 6.46. The molecule has 0 saturated carbocycles. The normalized spacial score (nSPS) is 14.7. The number of hydrogen-bond donors (Lipinski definition) is 1. The van der Waals surface area contributed by atoms with Gasteiger partial charge in [0.25, 0.3) is 0 Å². The van der Waals surface area contributed by atoms with Crippen LogP contribution in [-0.4, -0.2) is 11.2 Å². The van der Waals surface area contributed by atoms with Crippen molar-refractivity contribution in [3.8, 4) is 0 Å². The highest BCUT2D eigenvalue weighted by Gasteiger charge is 1.92. The monoisotopic (exact) mass is 314 g/mol. The summed E-state index contributed by atoms with van der Waals surface area (Å²) in [4.78, 5) is 0. The van der Waals surface area contributed by atoms with Gasteiger partial charge < -0.3 is 5.11 Å². The Kier molecular flexibility index (Phi) is 17.2. The highest BCUT2D eigenvalue weighted by atomic mass is 16.3. The maximum Gasteiger partial charge on any atom is 0.0758 e. The Labute approximate surface area is 143 Å². The van der Waals surface area contributed by atoms with Crippen molar-refractivity contribution < 1.29 is 5.11 Å². The van der Waals surface area contributed by atoms with Crippen LogP contribution in [0.1, 0.15) is 58.8 Å². The lowest BCUT2D eigenvalue weighted by Crippen LogP contribution is -1.98. The van der Waals surface area contributed by atoms with Gasteiger partial charge in [0, 0.05) is 0 Å². The first-order chi connectivity index (χ1) is 11.3. The van der Waals surface area contributed by atoms with E-state index in [9.17, 15) is 5.11 Å². The molecule has 128 valence electrons. The van der Waals surface area contributed by atoms with Crippen LogP contribution < -0.4 is 0 Å². The van der Waals surface area contributed by atoms with E-state index in [1.54, 1.807) is 0 Å². The van der Waals surface area contributed by atoms with Crippen LogP contribution >= 0.6 is 0 Å². The summed E-state index contributed by atoms with van der Waals surface area (Å²) in [6.45, 7) is 4.32. The zero-order valence-corrected chi connectivity index (χ0v) is 14.9. The van der Waals surface area contributed by atoms with Crippen molar-refractivity contribution in [2.45, 2.75) is 64.9 Å². The van der Waals surface area contributed by atoms with Crippen molar-refractivity contribution in [3.63, 3.8) is 0 Å². The number of aliphatic hydroxyl groups is 1. The largest absolute Gasteiger partial charge is 0.389 e. The molecule has 1 heteroatoms. The fourth-order valence-electron chi connectivity index (χ4n) is 1.84. The molecule has 0 unspecified atom stereocenters. The minimum atomic E-state index is -0.404. The Bertz CT molecular complexity index is 408. The van der Waals surface area contributed by atoms with E-state index in [-0.39, 0.29) is 0 Å². The number of rotatable bonds is 13. The third kappa shape index (κ3) is 18.4. The van der Waals surface area contributed by atoms with Gasteiger partial charge >= 0.3 is 0 Å². The molecular formula is C22H34O. The lowest BCUT2D eigenvalue weighted by molar-refractivity contribution is 0.227. The molecule has 0 amide bonds. The molecule has 0 aromatic heterocycles. The second-order valence-corrected chi connectivity index (χ2v) is 5.43. The van der Waals surface area contributed by atoms with Gasteiger partial charge in [0.15, 0.2) is 0 Å². The SMILES string of the molecule is CC/C=C\C/C=C\C[C@H](O)\C=C/C=C/C=C/CC/C=C\CCC. The van der Waals surface area contributed by atoms with Gasteiger partial charge in [-0.15, -0.1) is 0 Å². The smallest absolute Gasteiger partial charge is 0.0758 e. The minimum Gasteiger partial charge on any atom is -0.389 e. The molecule has 0 bridgehead atoms. The van der Waals surface area contributed by atoms with Crippen LogP contribution in [0.25, 0.3) is 0 Å². The maximum atomic E-state index is 9.78. The van der Waals surface area contributed by atoms with E-state index in [2.05, 4.69) is 56.4 Å². The summed E-state index contributed by atoms with van der Waals surface area (Å²) in [7, 11) is 0. The van der Waals surface area contributed by atoms with E-state index in [0.717, 1.165) is 25.7 Å². The minimum absolute atomic E-state index is 0.404. The lowest BCUT2D eigenvalue weighted by atomic mass is 10.2. The van der Waals surface area contributed by atoms with Gasteiger partial charge in [0.05, 0.1) is 6.10 Å². The van der Waals surface area contributed by atoms with Crippen molar-refractivity contribution in [3.05, 3.63) is 72.9 Å². The zero-order valence-electron chi connectivity index (χ0n) is 14.9. The van der Waals surface area contributed by atoms with Crippen molar-refractivity contribution in [2.24, 2.45) is 0 Å². The summed E-state index contributed by atoms with van der Waals surface area (Å²) in [5.74, 6) is 0. The van der Waals surface area contributed by atoms with Gasteiger partial charge in [-0.25, -0.2) is 0 Å². The zero-order chi connectivity index (χ0) is 17.0. The molecule has 0 aliphatic rings. The second kappa shape index (κ2) is 18.4. The molecule has 0 aromatic carbocycles. The van der Waals surface area contributed by atoms with Crippen molar-refractivity contribution >= 4 is 0 Å². The first-order valence-corrected chi connectivity index (χ1v) is 8.94. The molecule has 1 atom stereocenters. The number of allylic oxidation sites excluding steroid dienone is 10. The summed E-state index contributed by atoms with van der Waals surface area (Å²) in [6.07, 6.45) is 31.7. The molecule has 0 fully saturated rings. The van der Waals surface area contributed by atoms with Crippen LogP contribution in [0.2, 0.25) is 0 Å². The van der Waals surface area contributed by atoms with Gasteiger partial charge in [-0.1, -0.05) is 93.2 Å². The Morgan fingerprint density at radius 1 is 0.696 bits per heavy atom. The molecule has 23 heavy (non-hydrogen) atoms. The van der Waals surface area contributed by atoms with Crippen LogP contribution in [0, 0.1) is 0 Å². The molecule has 0 aliphatic carbocycles. The van der Waals surface area contributed by atoms with Crippen molar-refractivity contribution in [1.29, 1.82) is 0 Å². The molecule has 0 heterocycles. The third-order valence-electron chi connectivity index (χ3n) is 3.14. The molecule has 1 N–H and O–H groups in total. The van der Waals surface area contributed by atoms with Crippen LogP contribution in [0.15, 0.2) is 72.9 Å². The maximum absolute atomic E-state index is 9.78. The first-order valence-electron chi connectivity index (χ1n) is 8.94.